The largest absolute Gasteiger partial charge is 0.469 e. The molecule has 0 unspecified atom stereocenters. The van der Waals surface area contributed by atoms with Crippen molar-refractivity contribution in [1.82, 2.24) is 10.6 Å². The molecule has 2 amide bonds. The van der Waals surface area contributed by atoms with Gasteiger partial charge in [-0.2, -0.15) is 0 Å². The Bertz CT molecular complexity index is 604. The number of thiocarbonyl (C=S) groups is 1. The van der Waals surface area contributed by atoms with E-state index in [0.717, 1.165) is 0 Å². The molecule has 1 aromatic carbocycles. The topological polar surface area (TPSA) is 96.5 Å². The fourth-order valence-corrected chi connectivity index (χ4v) is 1.90. The number of amides is 2. The van der Waals surface area contributed by atoms with Crippen LogP contribution in [0.4, 0.5) is 5.69 Å². The third-order valence-corrected chi connectivity index (χ3v) is 2.96. The summed E-state index contributed by atoms with van der Waals surface area (Å²) in [5.41, 5.74) is 1.06. The molecule has 0 fully saturated rings. The zero-order valence-electron chi connectivity index (χ0n) is 13.0. The average Bonchev–Trinajstić information content (AvgIpc) is 2.52. The van der Waals surface area contributed by atoms with Crippen molar-refractivity contribution in [1.29, 1.82) is 0 Å². The number of hydrogen-bond donors (Lipinski definition) is 3. The van der Waals surface area contributed by atoms with Crippen LogP contribution in [0.2, 0.25) is 0 Å². The summed E-state index contributed by atoms with van der Waals surface area (Å²) in [6.45, 7) is 2.37. The highest BCUT2D eigenvalue weighted by Crippen LogP contribution is 2.10. The van der Waals surface area contributed by atoms with Crippen LogP contribution in [0.1, 0.15) is 30.1 Å². The summed E-state index contributed by atoms with van der Waals surface area (Å²) in [5, 5.41) is 8.05. The second-order valence-electron chi connectivity index (χ2n) is 4.52. The Labute approximate surface area is 139 Å². The predicted molar refractivity (Wildman–Crippen MR) is 90.1 cm³/mol. The number of methoxy groups -OCH3 is 1. The first-order chi connectivity index (χ1) is 11.0. The van der Waals surface area contributed by atoms with E-state index in [1.807, 2.05) is 6.92 Å². The molecule has 0 aliphatic rings. The van der Waals surface area contributed by atoms with Gasteiger partial charge in [-0.25, -0.2) is 0 Å². The minimum absolute atomic E-state index is 0.0162. The maximum Gasteiger partial charge on any atom is 0.306 e. The normalized spacial score (nSPS) is 9.65. The van der Waals surface area contributed by atoms with Gasteiger partial charge in [-0.15, -0.1) is 0 Å². The van der Waals surface area contributed by atoms with Crippen molar-refractivity contribution in [2.24, 2.45) is 0 Å². The Kier molecular flexibility index (Phi) is 7.69. The molecule has 0 radical (unpaired) electrons. The molecule has 1 rings (SSSR count). The smallest absolute Gasteiger partial charge is 0.306 e. The molecule has 23 heavy (non-hydrogen) atoms. The average molecular weight is 337 g/mol. The van der Waals surface area contributed by atoms with Crippen molar-refractivity contribution in [3.63, 3.8) is 0 Å². The molecule has 1 aromatic rings. The monoisotopic (exact) mass is 337 g/mol. The number of nitrogens with one attached hydrogen (secondary N) is 3. The van der Waals surface area contributed by atoms with Crippen LogP contribution < -0.4 is 16.0 Å². The van der Waals surface area contributed by atoms with Crippen LogP contribution in [-0.2, 0) is 14.3 Å². The Hall–Kier alpha value is -2.48. The number of benzene rings is 1. The molecule has 0 atom stereocenters. The molecule has 0 aromatic heterocycles. The van der Waals surface area contributed by atoms with E-state index in [2.05, 4.69) is 20.7 Å². The SMILES string of the molecule is CCNC(=O)c1cccc(NC(=S)NC(=O)CCC(=O)OC)c1. The molecule has 7 nitrogen and oxygen atoms in total. The number of carbonyl (C=O) groups excluding carboxylic acids is 3. The summed E-state index contributed by atoms with van der Waals surface area (Å²) in [6.07, 6.45) is -0.0366. The first kappa shape index (κ1) is 18.6. The zero-order chi connectivity index (χ0) is 17.2. The zero-order valence-corrected chi connectivity index (χ0v) is 13.8. The van der Waals surface area contributed by atoms with Gasteiger partial charge in [0.25, 0.3) is 5.91 Å². The molecule has 0 spiro atoms. The predicted octanol–water partition coefficient (Wildman–Crippen LogP) is 1.20. The first-order valence-electron chi connectivity index (χ1n) is 7.02. The number of esters is 1. The molecule has 8 heteroatoms. The van der Waals surface area contributed by atoms with E-state index in [1.54, 1.807) is 24.3 Å². The molecule has 0 bridgehead atoms. The lowest BCUT2D eigenvalue weighted by molar-refractivity contribution is -0.142. The lowest BCUT2D eigenvalue weighted by Crippen LogP contribution is -2.34. The number of rotatable bonds is 6. The second kappa shape index (κ2) is 9.52. The van der Waals surface area contributed by atoms with Crippen LogP contribution in [0.25, 0.3) is 0 Å². The van der Waals surface area contributed by atoms with E-state index in [-0.39, 0.29) is 23.9 Å². The van der Waals surface area contributed by atoms with Gasteiger partial charge in [0.2, 0.25) is 5.91 Å². The van der Waals surface area contributed by atoms with Gasteiger partial charge in [-0.3, -0.25) is 14.4 Å². The molecule has 0 saturated carbocycles. The van der Waals surface area contributed by atoms with Gasteiger partial charge in [-0.1, -0.05) is 6.07 Å². The van der Waals surface area contributed by atoms with Crippen LogP contribution in [0, 0.1) is 0 Å². The minimum Gasteiger partial charge on any atom is -0.469 e. The van der Waals surface area contributed by atoms with E-state index in [4.69, 9.17) is 12.2 Å². The van der Waals surface area contributed by atoms with Gasteiger partial charge in [-0.05, 0) is 37.3 Å². The van der Waals surface area contributed by atoms with Crippen LogP contribution in [-0.4, -0.2) is 36.6 Å². The summed E-state index contributed by atoms with van der Waals surface area (Å²) in [7, 11) is 1.26. The summed E-state index contributed by atoms with van der Waals surface area (Å²) in [4.78, 5) is 34.3. The maximum absolute atomic E-state index is 11.8. The van der Waals surface area contributed by atoms with Gasteiger partial charge >= 0.3 is 5.97 Å². The molecule has 0 heterocycles. The fourth-order valence-electron chi connectivity index (χ4n) is 1.67. The van der Waals surface area contributed by atoms with Crippen molar-refractivity contribution in [2.75, 3.05) is 19.0 Å². The molecular weight excluding hydrogens is 318 g/mol. The Morgan fingerprint density at radius 2 is 1.96 bits per heavy atom. The Morgan fingerprint density at radius 1 is 1.22 bits per heavy atom. The molecule has 0 aliphatic heterocycles. The van der Waals surface area contributed by atoms with E-state index in [1.165, 1.54) is 7.11 Å². The third-order valence-electron chi connectivity index (χ3n) is 2.76. The van der Waals surface area contributed by atoms with Crippen molar-refractivity contribution < 1.29 is 19.1 Å². The summed E-state index contributed by atoms with van der Waals surface area (Å²) >= 11 is 5.02. The molecule has 124 valence electrons. The van der Waals surface area contributed by atoms with E-state index < -0.39 is 11.9 Å². The summed E-state index contributed by atoms with van der Waals surface area (Å²) in [5.74, 6) is -1.05. The van der Waals surface area contributed by atoms with Gasteiger partial charge < -0.3 is 20.7 Å². The summed E-state index contributed by atoms with van der Waals surface area (Å²) < 4.78 is 4.45. The number of hydrogen-bond acceptors (Lipinski definition) is 5. The highest BCUT2D eigenvalue weighted by Gasteiger charge is 2.09. The van der Waals surface area contributed by atoms with Crippen molar-refractivity contribution in [2.45, 2.75) is 19.8 Å². The van der Waals surface area contributed by atoms with E-state index in [0.29, 0.717) is 17.8 Å². The van der Waals surface area contributed by atoms with Crippen molar-refractivity contribution in [3.8, 4) is 0 Å². The number of anilines is 1. The standard InChI is InChI=1S/C15H19N3O4S/c1-3-16-14(21)10-5-4-6-11(9-10)17-15(23)18-12(19)7-8-13(20)22-2/h4-6,9H,3,7-8H2,1-2H3,(H,16,21)(H2,17,18,19,23). The molecule has 0 aliphatic carbocycles. The van der Waals surface area contributed by atoms with Crippen LogP contribution >= 0.6 is 12.2 Å². The number of ether oxygens (including phenoxy) is 1. The Balaban J connectivity index is 2.54. The van der Waals surface area contributed by atoms with Crippen molar-refractivity contribution >= 4 is 40.8 Å². The highest BCUT2D eigenvalue weighted by atomic mass is 32.1. The molecule has 0 saturated heterocycles. The lowest BCUT2D eigenvalue weighted by atomic mass is 10.2. The van der Waals surface area contributed by atoms with Gasteiger partial charge in [0.15, 0.2) is 5.11 Å². The minimum atomic E-state index is -0.464. The quantitative estimate of drug-likeness (QED) is 0.533. The lowest BCUT2D eigenvalue weighted by Gasteiger charge is -2.10. The fraction of sp³-hybridized carbons (Fsp3) is 0.333. The molecule has 3 N–H and O–H groups in total. The van der Waals surface area contributed by atoms with E-state index in [9.17, 15) is 14.4 Å². The van der Waals surface area contributed by atoms with Crippen LogP contribution in [0.3, 0.4) is 0 Å². The first-order valence-corrected chi connectivity index (χ1v) is 7.43. The maximum atomic E-state index is 11.8. The highest BCUT2D eigenvalue weighted by molar-refractivity contribution is 7.80. The third kappa shape index (κ3) is 6.88. The Morgan fingerprint density at radius 3 is 2.61 bits per heavy atom. The second-order valence-corrected chi connectivity index (χ2v) is 4.93. The summed E-state index contributed by atoms with van der Waals surface area (Å²) in [6, 6.07) is 6.72. The van der Waals surface area contributed by atoms with Crippen LogP contribution in [0.15, 0.2) is 24.3 Å². The van der Waals surface area contributed by atoms with E-state index >= 15 is 0 Å². The van der Waals surface area contributed by atoms with Gasteiger partial charge in [0, 0.05) is 24.2 Å². The van der Waals surface area contributed by atoms with Crippen molar-refractivity contribution in [3.05, 3.63) is 29.8 Å². The van der Waals surface area contributed by atoms with Crippen LogP contribution in [0.5, 0.6) is 0 Å². The van der Waals surface area contributed by atoms with Gasteiger partial charge in [0.05, 0.1) is 13.5 Å². The number of carbonyl (C=O) groups is 3. The van der Waals surface area contributed by atoms with Gasteiger partial charge in [0.1, 0.15) is 0 Å². The molecular formula is C15H19N3O4S.